The van der Waals surface area contributed by atoms with E-state index in [4.69, 9.17) is 55.2 Å². The average Bonchev–Trinajstić information content (AvgIpc) is 0.966. The molecule has 0 unspecified atom stereocenters. The Balaban J connectivity index is -0.000000679. The molecule has 2 saturated heterocycles. The first kappa shape index (κ1) is 124. The minimum absolute atomic E-state index is 0. The van der Waals surface area contributed by atoms with Crippen LogP contribution in [0.5, 0.6) is 0 Å². The number of aliphatic carboxylic acids is 2. The molecule has 12 aromatic rings. The number of aliphatic imine (C=N–C) groups is 6. The molecule has 130 heavy (non-hydrogen) atoms. The zero-order chi connectivity index (χ0) is 90.3. The second-order valence-corrected chi connectivity index (χ2v) is 26.4. The van der Waals surface area contributed by atoms with Crippen LogP contribution in [0.25, 0.3) is 31.9 Å². The predicted molar refractivity (Wildman–Crippen MR) is 487 cm³/mol. The van der Waals surface area contributed by atoms with Gasteiger partial charge in [-0.15, -0.1) is 0 Å². The van der Waals surface area contributed by atoms with Crippen molar-refractivity contribution in [1.82, 2.24) is 0 Å². The third-order valence-corrected chi connectivity index (χ3v) is 14.9. The summed E-state index contributed by atoms with van der Waals surface area (Å²) in [4.78, 5) is 43.0. The van der Waals surface area contributed by atoms with Gasteiger partial charge in [0.25, 0.3) is 0 Å². The Morgan fingerprint density at radius 1 is 0.277 bits per heavy atom. The average molecular weight is 2170 g/mol. The van der Waals surface area contributed by atoms with Crippen LogP contribution in [-0.2, 0) is 128 Å². The summed E-state index contributed by atoms with van der Waals surface area (Å²) in [6, 6.07) is 117. The van der Waals surface area contributed by atoms with Gasteiger partial charge < -0.3 is 111 Å². The van der Waals surface area contributed by atoms with Gasteiger partial charge in [0.2, 0.25) is 0 Å². The number of hydrogen-bond donors (Lipinski definition) is 0. The Morgan fingerprint density at radius 2 is 0.377 bits per heavy atom. The van der Waals surface area contributed by atoms with Crippen LogP contribution in [0.15, 0.2) is 394 Å². The molecule has 0 atom stereocenters. The Kier molecular flexibility index (Phi) is 74.8. The van der Waals surface area contributed by atoms with Gasteiger partial charge in [-0.25, -0.2) is 16.8 Å². The van der Waals surface area contributed by atoms with Gasteiger partial charge in [0.1, 0.15) is 0 Å². The van der Waals surface area contributed by atoms with Gasteiger partial charge in [0, 0.05) is 38.4 Å². The first-order chi connectivity index (χ1) is 59.7. The number of carboxylic acid groups (broad SMARTS) is 2. The van der Waals surface area contributed by atoms with Crippen molar-refractivity contribution in [2.75, 3.05) is 26.4 Å². The van der Waals surface area contributed by atoms with E-state index in [1.54, 1.807) is 38.0 Å². The normalized spacial score (nSPS) is 11.2. The Bertz CT molecular complexity index is 4400. The SMILES string of the molecule is C(=Nc1ccccc1)[N-]c1ccccc1.C(=Nc1ccccc1)[N-]c1ccccc1.C(=Nc1ccccc1)[N-]c1ccccc1.C(=Nc1ccccc1)[N-]c1ccccc1.C(=Nc1ccccc1)[N-]c1ccccc1.C(=Nc1ccccc1)[N-]c1ccccc1.C1CCOC1.C1CCOC1.CC(=O)[O-].CC(=O)[O-].O=S(=O)([O-])C(F)(F)F.O=S(=O)([O-])C(F)(F)F.[OH3+].[OH3+].[Ru+2].[Ru+2].[Ru+3].[Ru+3]. The van der Waals surface area contributed by atoms with E-state index in [1.165, 1.54) is 25.7 Å². The summed E-state index contributed by atoms with van der Waals surface area (Å²) in [5.41, 5.74) is -0.323. The van der Waals surface area contributed by atoms with Crippen molar-refractivity contribution in [2.45, 2.75) is 50.5 Å². The molecule has 2 radical (unpaired) electrons. The van der Waals surface area contributed by atoms with E-state index in [1.807, 2.05) is 364 Å². The van der Waals surface area contributed by atoms with Gasteiger partial charge in [-0.05, 0) is 108 Å². The molecule has 2 fully saturated rings. The molecule has 0 amide bonds. The number of ether oxygens (including phenoxy) is 2. The summed E-state index contributed by atoms with van der Waals surface area (Å²) < 4.78 is 128. The molecule has 0 aromatic heterocycles. The number of carbonyl (C=O) groups is 2. The van der Waals surface area contributed by atoms with Crippen LogP contribution in [0, 0.1) is 0 Å². The van der Waals surface area contributed by atoms with Crippen LogP contribution in [-0.4, -0.2) is 113 Å². The quantitative estimate of drug-likeness (QED) is 0.0147. The summed E-state index contributed by atoms with van der Waals surface area (Å²) in [7, 11) is -12.2. The molecule has 0 bridgehead atoms. The van der Waals surface area contributed by atoms with Gasteiger partial charge in [-0.1, -0.05) is 402 Å². The van der Waals surface area contributed by atoms with Crippen LogP contribution in [0.1, 0.15) is 39.5 Å². The molecule has 6 N–H and O–H groups in total. The largest absolute Gasteiger partial charge is 3.00 e. The standard InChI is InChI=1S/6C13H11N2.2C4H8O.2C2H4O2.2CHF3O3S.2H2O.4Ru/c6*1-3-7-12(8-4-1)14-11-15-13-9-5-2-6-10-13;2*1-2-4-5-3-1;2*1-2(3)4;2*2-1(3,4)8(5,6)7;;;;;;/h6*1-11H;2*1-4H2;2*1H3,(H,3,4);2*(H,5,6,7);2*1H2;;;;/q6*-1;;;;;;;;;2*+2;2*+3/p-2. The van der Waals surface area contributed by atoms with E-state index in [2.05, 4.69) is 61.9 Å². The monoisotopic (exact) mass is 2180 g/mol. The Morgan fingerprint density at radius 3 is 0.462 bits per heavy atom. The van der Waals surface area contributed by atoms with Crippen LogP contribution in [0.4, 0.5) is 94.6 Å². The van der Waals surface area contributed by atoms with E-state index in [0.717, 1.165) is 109 Å². The van der Waals surface area contributed by atoms with Gasteiger partial charge in [-0.2, -0.15) is 26.3 Å². The van der Waals surface area contributed by atoms with E-state index >= 15 is 0 Å². The first-order valence-electron chi connectivity index (χ1n) is 37.2. The molecule has 2 heterocycles. The number of hydrogen-bond acceptors (Lipinski definition) is 18. The molecule has 0 saturated carbocycles. The molecular formula is C92H94F6N12O14Ru4S2+2. The third kappa shape index (κ3) is 70.2. The van der Waals surface area contributed by atoms with E-state index in [-0.39, 0.29) is 88.9 Å². The molecule has 0 aliphatic carbocycles. The molecular weight excluding hydrogens is 2080 g/mol. The molecule has 38 heteroatoms. The maximum atomic E-state index is 10.7. The minimum atomic E-state index is -6.09. The fourth-order valence-electron chi connectivity index (χ4n) is 8.16. The Labute approximate surface area is 805 Å². The number of rotatable bonds is 18. The number of nitrogens with zero attached hydrogens (tertiary/aromatic N) is 12. The summed E-state index contributed by atoms with van der Waals surface area (Å²) in [5.74, 6) is -2.17. The van der Waals surface area contributed by atoms with Gasteiger partial charge in [0.15, 0.2) is 20.2 Å². The van der Waals surface area contributed by atoms with Gasteiger partial charge in [-0.3, -0.25) is 0 Å². The van der Waals surface area contributed by atoms with Gasteiger partial charge in [0.05, 0.1) is 0 Å². The summed E-state index contributed by atoms with van der Waals surface area (Å²) in [6.07, 6.45) is 14.6. The number of para-hydroxylation sites is 12. The van der Waals surface area contributed by atoms with Gasteiger partial charge >= 0.3 is 88.9 Å². The molecule has 2 aliphatic heterocycles. The number of alkyl halides is 6. The zero-order valence-electron chi connectivity index (χ0n) is 69.7. The molecule has 26 nitrogen and oxygen atoms in total. The van der Waals surface area contributed by atoms with Crippen LogP contribution >= 0.6 is 0 Å². The van der Waals surface area contributed by atoms with Crippen molar-refractivity contribution in [3.05, 3.63) is 396 Å². The molecule has 12 aromatic carbocycles. The zero-order valence-corrected chi connectivity index (χ0v) is 78.3. The summed E-state index contributed by atoms with van der Waals surface area (Å²) in [5, 5.41) is 43.0. The van der Waals surface area contributed by atoms with Crippen molar-refractivity contribution in [3.8, 4) is 0 Å². The fourth-order valence-corrected chi connectivity index (χ4v) is 8.16. The van der Waals surface area contributed by atoms with Crippen LogP contribution in [0.2, 0.25) is 0 Å². The smallest absolute Gasteiger partial charge is 0.741 e. The number of carboxylic acids is 2. The van der Waals surface area contributed by atoms with Crippen molar-refractivity contribution < 1.29 is 170 Å². The third-order valence-electron chi connectivity index (χ3n) is 13.8. The number of carbonyl (C=O) groups excluding carboxylic acids is 2. The second-order valence-electron chi connectivity index (χ2n) is 23.7. The predicted octanol–water partition coefficient (Wildman–Crippen LogP) is 21.7. The minimum Gasteiger partial charge on any atom is -0.741 e. The summed E-state index contributed by atoms with van der Waals surface area (Å²) >= 11 is 0. The van der Waals surface area contributed by atoms with Crippen molar-refractivity contribution >= 4 is 138 Å². The van der Waals surface area contributed by atoms with Crippen molar-refractivity contribution in [1.29, 1.82) is 0 Å². The molecule has 690 valence electrons. The number of benzene rings is 12. The van der Waals surface area contributed by atoms with E-state index in [0.29, 0.717) is 0 Å². The first-order valence-corrected chi connectivity index (χ1v) is 40.0. The van der Waals surface area contributed by atoms with E-state index < -0.39 is 43.2 Å². The van der Waals surface area contributed by atoms with Crippen molar-refractivity contribution in [3.63, 3.8) is 0 Å². The molecule has 14 rings (SSSR count). The summed E-state index contributed by atoms with van der Waals surface area (Å²) in [6.45, 7) is 5.94. The van der Waals surface area contributed by atoms with Crippen LogP contribution in [0.3, 0.4) is 0 Å². The maximum Gasteiger partial charge on any atom is 3.00 e. The molecule has 0 spiro atoms. The number of halogens is 6. The maximum absolute atomic E-state index is 10.7. The van der Waals surface area contributed by atoms with Crippen molar-refractivity contribution in [2.24, 2.45) is 30.0 Å². The Hall–Kier alpha value is -11.9. The molecule has 2 aliphatic rings. The second kappa shape index (κ2) is 78.2. The topological polar surface area (TPSA) is 438 Å². The fraction of sp³-hybridized carbons (Fsp3) is 0.130. The van der Waals surface area contributed by atoms with E-state index in [9.17, 15) is 26.3 Å². The van der Waals surface area contributed by atoms with Crippen LogP contribution < -0.4 is 10.2 Å².